The van der Waals surface area contributed by atoms with Crippen molar-refractivity contribution in [3.05, 3.63) is 62.4 Å². The zero-order valence-electron chi connectivity index (χ0n) is 26.3. The number of benzene rings is 2. The van der Waals surface area contributed by atoms with Crippen molar-refractivity contribution in [2.75, 3.05) is 72.5 Å². The van der Waals surface area contributed by atoms with E-state index in [9.17, 15) is 24.6 Å². The van der Waals surface area contributed by atoms with E-state index in [-0.39, 0.29) is 23.7 Å². The van der Waals surface area contributed by atoms with E-state index in [1.807, 2.05) is 13.0 Å². The summed E-state index contributed by atoms with van der Waals surface area (Å²) >= 11 is 0. The summed E-state index contributed by atoms with van der Waals surface area (Å²) in [6.07, 6.45) is 4.84. The Morgan fingerprint density at radius 2 is 1.28 bits per heavy atom. The number of hydrogen-bond donors (Lipinski definition) is 1. The standard InChI is InChI=1S/C15H23N3O3.C8H8FNO3.C7H16N2/c1-4-21-15-11-13(5-6-14(15)18(19)20)17-9-7-12(8-10-17)16(2)3;1-2-13-8-5-6(9)3-4-7(8)10(11)12;1-9(2)7-3-5-8-6-4-7/h5-6,11-12H,4,7-10H2,1-3H3;3-5H,2H2,1H3;7-8H,3-6H2,1-2H3. The maximum absolute atomic E-state index is 12.6. The Labute approximate surface area is 254 Å². The van der Waals surface area contributed by atoms with Gasteiger partial charge in [0.05, 0.1) is 23.1 Å². The van der Waals surface area contributed by atoms with Crippen LogP contribution in [-0.2, 0) is 0 Å². The predicted octanol–water partition coefficient (Wildman–Crippen LogP) is 4.96. The first-order valence-corrected chi connectivity index (χ1v) is 14.7. The molecule has 43 heavy (non-hydrogen) atoms. The van der Waals surface area contributed by atoms with Crippen molar-refractivity contribution in [3.8, 4) is 11.5 Å². The van der Waals surface area contributed by atoms with Gasteiger partial charge in [-0.15, -0.1) is 0 Å². The SMILES string of the molecule is CCOc1cc(F)ccc1[N+](=O)[O-].CCOc1cc(N2CCC(N(C)C)CC2)ccc1[N+](=O)[O-].CN(C)C1CCNCC1. The van der Waals surface area contributed by atoms with Crippen molar-refractivity contribution in [3.63, 3.8) is 0 Å². The van der Waals surface area contributed by atoms with Crippen LogP contribution in [0.4, 0.5) is 21.5 Å². The van der Waals surface area contributed by atoms with Crippen molar-refractivity contribution in [2.45, 2.75) is 51.6 Å². The van der Waals surface area contributed by atoms with Crippen LogP contribution in [0.25, 0.3) is 0 Å². The highest BCUT2D eigenvalue weighted by Gasteiger charge is 2.23. The molecule has 0 aromatic heterocycles. The second kappa shape index (κ2) is 18.2. The van der Waals surface area contributed by atoms with E-state index in [1.54, 1.807) is 19.1 Å². The molecule has 2 aliphatic rings. The Morgan fingerprint density at radius 3 is 1.72 bits per heavy atom. The van der Waals surface area contributed by atoms with Gasteiger partial charge in [-0.25, -0.2) is 4.39 Å². The molecule has 2 saturated heterocycles. The van der Waals surface area contributed by atoms with Gasteiger partial charge >= 0.3 is 11.4 Å². The number of anilines is 1. The summed E-state index contributed by atoms with van der Waals surface area (Å²) in [5.74, 6) is -0.226. The minimum Gasteiger partial charge on any atom is -0.487 e. The highest BCUT2D eigenvalue weighted by atomic mass is 19.1. The van der Waals surface area contributed by atoms with E-state index in [2.05, 4.69) is 48.2 Å². The molecular weight excluding hydrogens is 559 g/mol. The number of nitrogens with zero attached hydrogens (tertiary/aromatic N) is 5. The van der Waals surface area contributed by atoms with Crippen molar-refractivity contribution in [1.29, 1.82) is 0 Å². The number of hydrogen-bond acceptors (Lipinski definition) is 10. The first-order chi connectivity index (χ1) is 20.5. The van der Waals surface area contributed by atoms with Gasteiger partial charge in [0.25, 0.3) is 0 Å². The zero-order valence-corrected chi connectivity index (χ0v) is 26.3. The lowest BCUT2D eigenvalue weighted by atomic mass is 10.0. The molecule has 0 bridgehead atoms. The molecular formula is C30H47FN6O6. The topological polar surface area (TPSA) is 126 Å². The minimum atomic E-state index is -0.607. The third kappa shape index (κ3) is 11.6. The second-order valence-corrected chi connectivity index (χ2v) is 10.8. The lowest BCUT2D eigenvalue weighted by Crippen LogP contribution is -2.41. The van der Waals surface area contributed by atoms with Crippen LogP contribution in [0.5, 0.6) is 11.5 Å². The molecule has 2 heterocycles. The van der Waals surface area contributed by atoms with Gasteiger partial charge in [0, 0.05) is 55.1 Å². The van der Waals surface area contributed by atoms with E-state index in [0.717, 1.165) is 55.9 Å². The van der Waals surface area contributed by atoms with E-state index in [4.69, 9.17) is 9.47 Å². The van der Waals surface area contributed by atoms with Gasteiger partial charge in [-0.3, -0.25) is 20.2 Å². The van der Waals surface area contributed by atoms with Gasteiger partial charge in [0.1, 0.15) is 5.82 Å². The molecule has 0 atom stereocenters. The number of nitrogens with one attached hydrogen (secondary N) is 1. The molecule has 0 spiro atoms. The Balaban J connectivity index is 0.000000249. The lowest BCUT2D eigenvalue weighted by Gasteiger charge is -2.36. The molecule has 0 radical (unpaired) electrons. The van der Waals surface area contributed by atoms with Gasteiger partial charge in [0.2, 0.25) is 0 Å². The molecule has 2 fully saturated rings. The normalized spacial score (nSPS) is 15.7. The number of halogens is 1. The summed E-state index contributed by atoms with van der Waals surface area (Å²) in [4.78, 5) is 27.3. The van der Waals surface area contributed by atoms with Crippen molar-refractivity contribution in [2.24, 2.45) is 0 Å². The highest BCUT2D eigenvalue weighted by Crippen LogP contribution is 2.33. The zero-order chi connectivity index (χ0) is 31.9. The smallest absolute Gasteiger partial charge is 0.311 e. The fraction of sp³-hybridized carbons (Fsp3) is 0.600. The Bertz CT molecular complexity index is 1150. The van der Waals surface area contributed by atoms with Crippen molar-refractivity contribution < 1.29 is 23.7 Å². The lowest BCUT2D eigenvalue weighted by molar-refractivity contribution is -0.386. The largest absolute Gasteiger partial charge is 0.487 e. The van der Waals surface area contributed by atoms with Gasteiger partial charge in [-0.2, -0.15) is 0 Å². The van der Waals surface area contributed by atoms with Gasteiger partial charge < -0.3 is 29.5 Å². The monoisotopic (exact) mass is 606 g/mol. The van der Waals surface area contributed by atoms with Crippen molar-refractivity contribution in [1.82, 2.24) is 15.1 Å². The van der Waals surface area contributed by atoms with Crippen LogP contribution in [0.3, 0.4) is 0 Å². The number of piperidine rings is 2. The Kier molecular flexibility index (Phi) is 15.1. The number of ether oxygens (including phenoxy) is 2. The Morgan fingerprint density at radius 1 is 0.814 bits per heavy atom. The molecule has 2 aliphatic heterocycles. The molecule has 1 N–H and O–H groups in total. The van der Waals surface area contributed by atoms with Crippen molar-refractivity contribution >= 4 is 17.1 Å². The quantitative estimate of drug-likeness (QED) is 0.309. The predicted molar refractivity (Wildman–Crippen MR) is 167 cm³/mol. The summed E-state index contributed by atoms with van der Waals surface area (Å²) in [6, 6.07) is 9.70. The van der Waals surface area contributed by atoms with Gasteiger partial charge in [-0.1, -0.05) is 0 Å². The summed E-state index contributed by atoms with van der Waals surface area (Å²) in [5, 5.41) is 24.8. The molecule has 2 aromatic rings. The van der Waals surface area contributed by atoms with E-state index >= 15 is 0 Å². The van der Waals surface area contributed by atoms with E-state index < -0.39 is 15.7 Å². The van der Waals surface area contributed by atoms with Crippen LogP contribution < -0.4 is 19.7 Å². The average Bonchev–Trinajstić information content (AvgIpc) is 2.98. The molecule has 0 unspecified atom stereocenters. The average molecular weight is 607 g/mol. The number of nitro benzene ring substituents is 2. The summed E-state index contributed by atoms with van der Waals surface area (Å²) < 4.78 is 22.9. The third-order valence-electron chi connectivity index (χ3n) is 7.46. The first kappa shape index (κ1) is 35.6. The summed E-state index contributed by atoms with van der Waals surface area (Å²) in [7, 11) is 8.55. The molecule has 0 saturated carbocycles. The number of nitro groups is 2. The van der Waals surface area contributed by atoms with Crippen LogP contribution in [0.2, 0.25) is 0 Å². The fourth-order valence-corrected chi connectivity index (χ4v) is 4.99. The molecule has 13 heteroatoms. The molecule has 4 rings (SSSR count). The van der Waals surface area contributed by atoms with Crippen LogP contribution in [-0.4, -0.2) is 99.3 Å². The summed E-state index contributed by atoms with van der Waals surface area (Å²) in [5.41, 5.74) is 0.813. The van der Waals surface area contributed by atoms with Gasteiger partial charge in [-0.05, 0) is 92.9 Å². The summed E-state index contributed by atoms with van der Waals surface area (Å²) in [6.45, 7) is 8.52. The minimum absolute atomic E-state index is 0.0313. The molecule has 12 nitrogen and oxygen atoms in total. The molecule has 0 aliphatic carbocycles. The van der Waals surface area contributed by atoms with Crippen LogP contribution >= 0.6 is 0 Å². The maximum atomic E-state index is 12.6. The number of rotatable bonds is 9. The van der Waals surface area contributed by atoms with Gasteiger partial charge in [0.15, 0.2) is 11.5 Å². The van der Waals surface area contributed by atoms with Crippen LogP contribution in [0.15, 0.2) is 36.4 Å². The Hall–Kier alpha value is -3.55. The van der Waals surface area contributed by atoms with E-state index in [0.29, 0.717) is 18.4 Å². The molecule has 2 aromatic carbocycles. The molecule has 0 amide bonds. The molecule has 240 valence electrons. The van der Waals surface area contributed by atoms with E-state index in [1.165, 1.54) is 25.9 Å². The highest BCUT2D eigenvalue weighted by molar-refractivity contribution is 5.59. The fourth-order valence-electron chi connectivity index (χ4n) is 4.99. The third-order valence-corrected chi connectivity index (χ3v) is 7.46. The first-order valence-electron chi connectivity index (χ1n) is 14.7. The van der Waals surface area contributed by atoms with Crippen LogP contribution in [0, 0.1) is 26.0 Å². The van der Waals surface area contributed by atoms with Crippen LogP contribution in [0.1, 0.15) is 39.5 Å². The maximum Gasteiger partial charge on any atom is 0.311 e. The second-order valence-electron chi connectivity index (χ2n) is 10.8.